The molecule has 0 aliphatic heterocycles. The molecule has 96 valence electrons. The van der Waals surface area contributed by atoms with Gasteiger partial charge in [0.25, 0.3) is 0 Å². The highest BCUT2D eigenvalue weighted by Crippen LogP contribution is 2.38. The Morgan fingerprint density at radius 3 is 1.67 bits per heavy atom. The lowest BCUT2D eigenvalue weighted by Gasteiger charge is -2.31. The van der Waals surface area contributed by atoms with Crippen molar-refractivity contribution in [2.75, 3.05) is 0 Å². The monoisotopic (exact) mass is 243 g/mol. The smallest absolute Gasteiger partial charge is 0.186 e. The second-order valence-corrected chi connectivity index (χ2v) is 6.72. The first-order valence-electron chi connectivity index (χ1n) is 6.16. The summed E-state index contributed by atoms with van der Waals surface area (Å²) < 4.78 is 0. The molecule has 0 amide bonds. The molecule has 0 aromatic heterocycles. The zero-order chi connectivity index (χ0) is 14.1. The van der Waals surface area contributed by atoms with Crippen molar-refractivity contribution in [3.05, 3.63) is 34.9 Å². The first kappa shape index (κ1) is 14.4. The number of hydrogen-bond acceptors (Lipinski definition) is 2. The fourth-order valence-electron chi connectivity index (χ4n) is 1.92. The van der Waals surface area contributed by atoms with Gasteiger partial charge in [0, 0.05) is 17.2 Å². The quantitative estimate of drug-likeness (QED) is 0.604. The van der Waals surface area contributed by atoms with E-state index in [0.717, 1.165) is 16.7 Å². The SMILES string of the molecule is CC(C)(C)C1=CC(=CC#N)C=C(C(C)(C)C)C1=O. The molecule has 1 rings (SSSR count). The molecule has 1 aliphatic rings. The molecule has 0 unspecified atom stereocenters. The topological polar surface area (TPSA) is 40.9 Å². The molecule has 1 aliphatic carbocycles. The first-order chi connectivity index (χ1) is 8.07. The van der Waals surface area contributed by atoms with Crippen LogP contribution in [0, 0.1) is 22.2 Å². The Balaban J connectivity index is 3.40. The van der Waals surface area contributed by atoms with Crippen molar-refractivity contribution in [2.45, 2.75) is 41.5 Å². The molecule has 0 radical (unpaired) electrons. The molecule has 0 atom stereocenters. The van der Waals surface area contributed by atoms with E-state index in [-0.39, 0.29) is 16.6 Å². The Hall–Kier alpha value is -1.62. The van der Waals surface area contributed by atoms with Crippen LogP contribution in [0.5, 0.6) is 0 Å². The highest BCUT2D eigenvalue weighted by atomic mass is 16.1. The summed E-state index contributed by atoms with van der Waals surface area (Å²) in [5.74, 6) is 0.102. The third-order valence-corrected chi connectivity index (χ3v) is 2.96. The largest absolute Gasteiger partial charge is 0.289 e. The first-order valence-corrected chi connectivity index (χ1v) is 6.16. The van der Waals surface area contributed by atoms with Gasteiger partial charge in [-0.3, -0.25) is 4.79 Å². The number of rotatable bonds is 0. The second kappa shape index (κ2) is 4.57. The fraction of sp³-hybridized carbons (Fsp3) is 0.500. The average molecular weight is 243 g/mol. The van der Waals surface area contributed by atoms with Crippen molar-refractivity contribution in [3.8, 4) is 6.07 Å². The van der Waals surface area contributed by atoms with Crippen LogP contribution in [0.25, 0.3) is 0 Å². The van der Waals surface area contributed by atoms with Crippen molar-refractivity contribution in [1.82, 2.24) is 0 Å². The van der Waals surface area contributed by atoms with Crippen LogP contribution in [-0.2, 0) is 4.79 Å². The molecule has 0 heterocycles. The number of allylic oxidation sites excluding steroid dienone is 6. The predicted molar refractivity (Wildman–Crippen MR) is 73.8 cm³/mol. The Morgan fingerprint density at radius 1 is 1.00 bits per heavy atom. The number of ketones is 1. The molecule has 0 fully saturated rings. The Morgan fingerprint density at radius 2 is 1.39 bits per heavy atom. The highest BCUT2D eigenvalue weighted by molar-refractivity contribution is 6.11. The summed E-state index contributed by atoms with van der Waals surface area (Å²) in [7, 11) is 0. The average Bonchev–Trinajstić information content (AvgIpc) is 2.17. The van der Waals surface area contributed by atoms with Gasteiger partial charge in [-0.1, -0.05) is 41.5 Å². The van der Waals surface area contributed by atoms with Crippen LogP contribution in [0.3, 0.4) is 0 Å². The van der Waals surface area contributed by atoms with Gasteiger partial charge in [0.2, 0.25) is 0 Å². The van der Waals surface area contributed by atoms with E-state index < -0.39 is 0 Å². The molecule has 0 saturated heterocycles. The summed E-state index contributed by atoms with van der Waals surface area (Å²) >= 11 is 0. The Labute approximate surface area is 110 Å². The van der Waals surface area contributed by atoms with Gasteiger partial charge < -0.3 is 0 Å². The zero-order valence-electron chi connectivity index (χ0n) is 12.1. The lowest BCUT2D eigenvalue weighted by atomic mass is 9.72. The minimum absolute atomic E-state index is 0.102. The van der Waals surface area contributed by atoms with E-state index in [2.05, 4.69) is 0 Å². The molecule has 0 bridgehead atoms. The number of carbonyl (C=O) groups is 1. The van der Waals surface area contributed by atoms with Gasteiger partial charge >= 0.3 is 0 Å². The zero-order valence-corrected chi connectivity index (χ0v) is 12.1. The van der Waals surface area contributed by atoms with Gasteiger partial charge in [0.1, 0.15) is 0 Å². The number of nitrogens with zero attached hydrogens (tertiary/aromatic N) is 1. The molecule has 0 aromatic carbocycles. The van der Waals surface area contributed by atoms with Gasteiger partial charge in [-0.15, -0.1) is 0 Å². The minimum Gasteiger partial charge on any atom is -0.289 e. The maximum Gasteiger partial charge on any atom is 0.186 e. The van der Waals surface area contributed by atoms with Gasteiger partial charge in [0.05, 0.1) is 6.07 Å². The number of hydrogen-bond donors (Lipinski definition) is 0. The third-order valence-electron chi connectivity index (χ3n) is 2.96. The molecule has 0 aromatic rings. The number of Topliss-reactive ketones (excluding diaryl/α,β-unsaturated/α-hetero) is 1. The van der Waals surface area contributed by atoms with Crippen LogP contribution in [0.2, 0.25) is 0 Å². The van der Waals surface area contributed by atoms with Crippen LogP contribution in [0.1, 0.15) is 41.5 Å². The lowest BCUT2D eigenvalue weighted by molar-refractivity contribution is -0.114. The molecular formula is C16H21NO. The predicted octanol–water partition coefficient (Wildman–Crippen LogP) is 3.96. The van der Waals surface area contributed by atoms with Gasteiger partial charge in [0.15, 0.2) is 5.78 Å². The summed E-state index contributed by atoms with van der Waals surface area (Å²) in [4.78, 5) is 12.5. The summed E-state index contributed by atoms with van der Waals surface area (Å²) in [6.45, 7) is 12.1. The molecule has 0 N–H and O–H groups in total. The standard InChI is InChI=1S/C16H21NO/c1-15(2,3)12-9-11(7-8-17)10-13(14(12)18)16(4,5)6/h7,9-10H,1-6H3. The number of nitriles is 1. The Kier molecular flexibility index (Phi) is 3.67. The van der Waals surface area contributed by atoms with Crippen molar-refractivity contribution in [3.63, 3.8) is 0 Å². The third kappa shape index (κ3) is 2.98. The number of carbonyl (C=O) groups excluding carboxylic acids is 1. The molecule has 0 spiro atoms. The van der Waals surface area contributed by atoms with E-state index >= 15 is 0 Å². The van der Waals surface area contributed by atoms with Crippen molar-refractivity contribution < 1.29 is 4.79 Å². The molecule has 0 saturated carbocycles. The normalized spacial score (nSPS) is 16.9. The molecular weight excluding hydrogens is 222 g/mol. The molecule has 18 heavy (non-hydrogen) atoms. The van der Waals surface area contributed by atoms with Gasteiger partial charge in [-0.05, 0) is 28.6 Å². The fourth-order valence-corrected chi connectivity index (χ4v) is 1.92. The van der Waals surface area contributed by atoms with Crippen molar-refractivity contribution >= 4 is 5.78 Å². The minimum atomic E-state index is -0.212. The summed E-state index contributed by atoms with van der Waals surface area (Å²) in [5.41, 5.74) is 1.94. The van der Waals surface area contributed by atoms with Crippen molar-refractivity contribution in [1.29, 1.82) is 5.26 Å². The van der Waals surface area contributed by atoms with E-state index in [0.29, 0.717) is 0 Å². The summed E-state index contributed by atoms with van der Waals surface area (Å²) in [6, 6.07) is 2.03. The van der Waals surface area contributed by atoms with Gasteiger partial charge in [-0.25, -0.2) is 0 Å². The van der Waals surface area contributed by atoms with Crippen molar-refractivity contribution in [2.24, 2.45) is 10.8 Å². The molecule has 2 nitrogen and oxygen atoms in total. The van der Waals surface area contributed by atoms with Crippen LogP contribution < -0.4 is 0 Å². The van der Waals surface area contributed by atoms with Crippen LogP contribution >= 0.6 is 0 Å². The van der Waals surface area contributed by atoms with Gasteiger partial charge in [-0.2, -0.15) is 5.26 Å². The second-order valence-electron chi connectivity index (χ2n) is 6.72. The van der Waals surface area contributed by atoms with Crippen LogP contribution in [0.15, 0.2) is 34.9 Å². The van der Waals surface area contributed by atoms with E-state index in [1.165, 1.54) is 6.08 Å². The van der Waals surface area contributed by atoms with E-state index in [4.69, 9.17) is 5.26 Å². The maximum absolute atomic E-state index is 12.5. The maximum atomic E-state index is 12.5. The lowest BCUT2D eigenvalue weighted by Crippen LogP contribution is -2.27. The van der Waals surface area contributed by atoms with E-state index in [1.54, 1.807) is 0 Å². The van der Waals surface area contributed by atoms with E-state index in [9.17, 15) is 4.79 Å². The molecule has 2 heteroatoms. The highest BCUT2D eigenvalue weighted by Gasteiger charge is 2.33. The van der Waals surface area contributed by atoms with Crippen LogP contribution in [-0.4, -0.2) is 5.78 Å². The van der Waals surface area contributed by atoms with E-state index in [1.807, 2.05) is 59.8 Å². The summed E-state index contributed by atoms with van der Waals surface area (Å²) in [6.07, 6.45) is 5.16. The summed E-state index contributed by atoms with van der Waals surface area (Å²) in [5, 5.41) is 8.79. The Bertz CT molecular complexity index is 461. The van der Waals surface area contributed by atoms with Crippen LogP contribution in [0.4, 0.5) is 0 Å².